The summed E-state index contributed by atoms with van der Waals surface area (Å²) < 4.78 is 10.6. The molecule has 1 aliphatic rings. The number of esters is 1. The van der Waals surface area contributed by atoms with Crippen LogP contribution in [0, 0.1) is 6.92 Å². The second-order valence-electron chi connectivity index (χ2n) is 9.95. The van der Waals surface area contributed by atoms with Gasteiger partial charge in [-0.25, -0.2) is 9.78 Å². The molecule has 0 bridgehead atoms. The SMILES string of the molecule is Cc1onc(-c2ccccc2)c1C(=O)N1CCC(c2nc(C(=O)Nc3ccc(C(=O)OC(C)C)cc3)cs2)CC1. The van der Waals surface area contributed by atoms with E-state index < -0.39 is 5.97 Å². The van der Waals surface area contributed by atoms with Crippen molar-refractivity contribution in [3.8, 4) is 11.3 Å². The Balaban J connectivity index is 1.18. The standard InChI is InChI=1S/C30H30N4O5S/c1-18(2)38-30(37)22-9-11-23(12-10-22)31-27(35)24-17-40-28(32-24)21-13-15-34(16-14-21)29(36)25-19(3)39-33-26(25)20-7-5-4-6-8-20/h4-12,17-18,21H,13-16H2,1-3H3,(H,31,35). The van der Waals surface area contributed by atoms with E-state index in [9.17, 15) is 14.4 Å². The fourth-order valence-corrected chi connectivity index (χ4v) is 5.62. The first kappa shape index (κ1) is 27.3. The van der Waals surface area contributed by atoms with E-state index >= 15 is 0 Å². The van der Waals surface area contributed by atoms with Crippen molar-refractivity contribution in [3.05, 3.63) is 87.6 Å². The third-order valence-electron chi connectivity index (χ3n) is 6.73. The van der Waals surface area contributed by atoms with Crippen molar-refractivity contribution in [3.63, 3.8) is 0 Å². The Labute approximate surface area is 236 Å². The van der Waals surface area contributed by atoms with Crippen LogP contribution in [0.2, 0.25) is 0 Å². The molecule has 206 valence electrons. The summed E-state index contributed by atoms with van der Waals surface area (Å²) in [6.07, 6.45) is 1.29. The minimum Gasteiger partial charge on any atom is -0.459 e. The Morgan fingerprint density at radius 3 is 2.42 bits per heavy atom. The molecule has 0 unspecified atom stereocenters. The summed E-state index contributed by atoms with van der Waals surface area (Å²) in [5.41, 5.74) is 3.23. The number of rotatable bonds is 7. The molecule has 5 rings (SSSR count). The minimum atomic E-state index is -0.405. The van der Waals surface area contributed by atoms with Gasteiger partial charge >= 0.3 is 5.97 Å². The molecule has 1 aliphatic heterocycles. The number of carbonyl (C=O) groups is 3. The Bertz CT molecular complexity index is 1500. The van der Waals surface area contributed by atoms with Crippen LogP contribution in [0.1, 0.15) is 74.6 Å². The molecule has 2 aromatic carbocycles. The van der Waals surface area contributed by atoms with Crippen LogP contribution < -0.4 is 5.32 Å². The number of hydrogen-bond acceptors (Lipinski definition) is 8. The molecule has 1 fully saturated rings. The van der Waals surface area contributed by atoms with Crippen molar-refractivity contribution in [2.75, 3.05) is 18.4 Å². The number of amides is 2. The molecule has 2 amide bonds. The summed E-state index contributed by atoms with van der Waals surface area (Å²) in [5, 5.41) is 9.61. The van der Waals surface area contributed by atoms with E-state index in [2.05, 4.69) is 15.5 Å². The van der Waals surface area contributed by atoms with Gasteiger partial charge in [-0.3, -0.25) is 9.59 Å². The number of piperidine rings is 1. The molecule has 40 heavy (non-hydrogen) atoms. The molecule has 1 N–H and O–H groups in total. The predicted octanol–water partition coefficient (Wildman–Crippen LogP) is 5.94. The van der Waals surface area contributed by atoms with E-state index in [0.29, 0.717) is 47.1 Å². The molecule has 10 heteroatoms. The second-order valence-corrected chi connectivity index (χ2v) is 10.8. The van der Waals surface area contributed by atoms with Crippen LogP contribution in [0.4, 0.5) is 5.69 Å². The highest BCUT2D eigenvalue weighted by Crippen LogP contribution is 2.33. The van der Waals surface area contributed by atoms with Gasteiger partial charge in [0.25, 0.3) is 11.8 Å². The minimum absolute atomic E-state index is 0.0845. The van der Waals surface area contributed by atoms with Gasteiger partial charge in [0.05, 0.1) is 16.7 Å². The molecule has 1 saturated heterocycles. The molecular formula is C30H30N4O5S. The Kier molecular flexibility index (Phi) is 8.06. The summed E-state index contributed by atoms with van der Waals surface area (Å²) in [5.74, 6) is -0.133. The van der Waals surface area contributed by atoms with Crippen molar-refractivity contribution >= 4 is 34.8 Å². The Hall–Kier alpha value is -4.31. The molecule has 3 heterocycles. The van der Waals surface area contributed by atoms with E-state index in [1.165, 1.54) is 11.3 Å². The number of ether oxygens (including phenoxy) is 1. The number of hydrogen-bond donors (Lipinski definition) is 1. The monoisotopic (exact) mass is 558 g/mol. The fourth-order valence-electron chi connectivity index (χ4n) is 4.65. The third kappa shape index (κ3) is 5.96. The zero-order valence-corrected chi connectivity index (χ0v) is 23.4. The van der Waals surface area contributed by atoms with Gasteiger partial charge in [-0.2, -0.15) is 0 Å². The first-order chi connectivity index (χ1) is 19.3. The van der Waals surface area contributed by atoms with Gasteiger partial charge in [-0.05, 0) is 57.9 Å². The van der Waals surface area contributed by atoms with Crippen molar-refractivity contribution < 1.29 is 23.6 Å². The maximum absolute atomic E-state index is 13.4. The Morgan fingerprint density at radius 2 is 1.75 bits per heavy atom. The topological polar surface area (TPSA) is 115 Å². The maximum atomic E-state index is 13.4. The number of likely N-dealkylation sites (tertiary alicyclic amines) is 1. The summed E-state index contributed by atoms with van der Waals surface area (Å²) in [4.78, 5) is 44.7. The van der Waals surface area contributed by atoms with Crippen molar-refractivity contribution in [2.24, 2.45) is 0 Å². The van der Waals surface area contributed by atoms with Crippen LogP contribution in [0.3, 0.4) is 0 Å². The number of carbonyl (C=O) groups excluding carboxylic acids is 3. The number of aryl methyl sites for hydroxylation is 1. The first-order valence-electron chi connectivity index (χ1n) is 13.2. The summed E-state index contributed by atoms with van der Waals surface area (Å²) in [6, 6.07) is 16.1. The van der Waals surface area contributed by atoms with Crippen LogP contribution in [0.15, 0.2) is 64.5 Å². The van der Waals surface area contributed by atoms with E-state index in [0.717, 1.165) is 23.4 Å². The number of nitrogens with one attached hydrogen (secondary N) is 1. The van der Waals surface area contributed by atoms with Crippen LogP contribution in [0.25, 0.3) is 11.3 Å². The molecule has 0 atom stereocenters. The van der Waals surface area contributed by atoms with Gasteiger partial charge in [0.2, 0.25) is 0 Å². The Morgan fingerprint density at radius 1 is 1.05 bits per heavy atom. The van der Waals surface area contributed by atoms with Gasteiger partial charge in [-0.1, -0.05) is 35.5 Å². The molecule has 0 radical (unpaired) electrons. The number of benzene rings is 2. The lowest BCUT2D eigenvalue weighted by Crippen LogP contribution is -2.38. The zero-order chi connectivity index (χ0) is 28.2. The van der Waals surface area contributed by atoms with Crippen LogP contribution in [0.5, 0.6) is 0 Å². The van der Waals surface area contributed by atoms with Crippen molar-refractivity contribution in [1.29, 1.82) is 0 Å². The number of nitrogens with zero attached hydrogens (tertiary/aromatic N) is 3. The molecular weight excluding hydrogens is 528 g/mol. The van der Waals surface area contributed by atoms with E-state index in [4.69, 9.17) is 9.26 Å². The highest BCUT2D eigenvalue weighted by Gasteiger charge is 2.31. The maximum Gasteiger partial charge on any atom is 0.338 e. The molecule has 0 aliphatic carbocycles. The van der Waals surface area contributed by atoms with Crippen molar-refractivity contribution in [2.45, 2.75) is 45.6 Å². The van der Waals surface area contributed by atoms with E-state index in [1.807, 2.05) is 35.2 Å². The lowest BCUT2D eigenvalue weighted by molar-refractivity contribution is 0.0377. The second kappa shape index (κ2) is 11.8. The van der Waals surface area contributed by atoms with Gasteiger partial charge in [0.15, 0.2) is 0 Å². The average Bonchev–Trinajstić information content (AvgIpc) is 3.61. The van der Waals surface area contributed by atoms with Crippen LogP contribution in [-0.2, 0) is 4.74 Å². The van der Waals surface area contributed by atoms with Gasteiger partial charge in [0.1, 0.15) is 22.7 Å². The summed E-state index contributed by atoms with van der Waals surface area (Å²) in [6.45, 7) is 6.50. The molecule has 9 nitrogen and oxygen atoms in total. The summed E-state index contributed by atoms with van der Waals surface area (Å²) >= 11 is 1.45. The summed E-state index contributed by atoms with van der Waals surface area (Å²) in [7, 11) is 0. The van der Waals surface area contributed by atoms with Gasteiger partial charge in [-0.15, -0.1) is 11.3 Å². The predicted molar refractivity (Wildman–Crippen MR) is 152 cm³/mol. The number of thiazole rings is 1. The lowest BCUT2D eigenvalue weighted by Gasteiger charge is -2.31. The average molecular weight is 559 g/mol. The van der Waals surface area contributed by atoms with E-state index in [1.54, 1.807) is 50.4 Å². The van der Waals surface area contributed by atoms with Gasteiger partial charge in [0, 0.05) is 35.6 Å². The van der Waals surface area contributed by atoms with E-state index in [-0.39, 0.29) is 23.8 Å². The van der Waals surface area contributed by atoms with Crippen molar-refractivity contribution in [1.82, 2.24) is 15.0 Å². The van der Waals surface area contributed by atoms with Crippen LogP contribution >= 0.6 is 11.3 Å². The highest BCUT2D eigenvalue weighted by atomic mass is 32.1. The highest BCUT2D eigenvalue weighted by molar-refractivity contribution is 7.10. The number of aromatic nitrogens is 2. The number of anilines is 1. The molecule has 4 aromatic rings. The van der Waals surface area contributed by atoms with Gasteiger partial charge < -0.3 is 19.5 Å². The molecule has 0 spiro atoms. The molecule has 0 saturated carbocycles. The largest absolute Gasteiger partial charge is 0.459 e. The fraction of sp³-hybridized carbons (Fsp3) is 0.300. The third-order valence-corrected chi connectivity index (χ3v) is 7.74. The normalized spacial score (nSPS) is 13.8. The first-order valence-corrected chi connectivity index (χ1v) is 14.1. The smallest absolute Gasteiger partial charge is 0.338 e. The molecule has 2 aromatic heterocycles. The quantitative estimate of drug-likeness (QED) is 0.279. The lowest BCUT2D eigenvalue weighted by atomic mass is 9.96. The van der Waals surface area contributed by atoms with Crippen LogP contribution in [-0.4, -0.2) is 52.0 Å². The zero-order valence-electron chi connectivity index (χ0n) is 22.5.